The Balaban J connectivity index is 2.15. The third-order valence-corrected chi connectivity index (χ3v) is 2.31. The summed E-state index contributed by atoms with van der Waals surface area (Å²) < 4.78 is 5.14. The molecule has 0 unspecified atom stereocenters. The number of alkyl carbamates (subject to hydrolysis) is 1. The zero-order valence-corrected chi connectivity index (χ0v) is 11.5. The molecule has 0 spiro atoms. The molecule has 3 nitrogen and oxygen atoms in total. The highest BCUT2D eigenvalue weighted by Gasteiger charge is 2.14. The molecule has 1 rings (SSSR count). The molecule has 0 radical (unpaired) electrons. The van der Waals surface area contributed by atoms with E-state index in [2.05, 4.69) is 35.7 Å². The van der Waals surface area contributed by atoms with Gasteiger partial charge in [-0.25, -0.2) is 4.79 Å². The predicted molar refractivity (Wildman–Crippen MR) is 74.5 cm³/mol. The maximum absolute atomic E-state index is 11.3. The smallest absolute Gasteiger partial charge is 0.407 e. The number of amides is 1. The summed E-state index contributed by atoms with van der Waals surface area (Å²) in [6.45, 7) is 6.17. The van der Waals surface area contributed by atoms with Gasteiger partial charge in [0.2, 0.25) is 0 Å². The van der Waals surface area contributed by atoms with Crippen molar-refractivity contribution in [3.63, 3.8) is 0 Å². The monoisotopic (exact) mass is 249 g/mol. The second-order valence-corrected chi connectivity index (χ2v) is 5.30. The predicted octanol–water partition coefficient (Wildman–Crippen LogP) is 3.73. The minimum absolute atomic E-state index is 0.354. The molecule has 0 fully saturated rings. The van der Waals surface area contributed by atoms with Crippen molar-refractivity contribution in [2.45, 2.75) is 45.6 Å². The summed E-state index contributed by atoms with van der Waals surface area (Å²) in [5, 5.41) is 2.73. The van der Waals surface area contributed by atoms with E-state index in [4.69, 9.17) is 4.74 Å². The third-order valence-electron chi connectivity index (χ3n) is 2.31. The molecule has 0 aromatic rings. The average Bonchev–Trinajstić information content (AvgIpc) is 2.27. The summed E-state index contributed by atoms with van der Waals surface area (Å²) in [7, 11) is 0. The van der Waals surface area contributed by atoms with Gasteiger partial charge >= 0.3 is 6.09 Å². The number of nitrogens with one attached hydrogen (secondary N) is 1. The van der Waals surface area contributed by atoms with Crippen LogP contribution in [0.5, 0.6) is 0 Å². The van der Waals surface area contributed by atoms with Crippen LogP contribution in [-0.4, -0.2) is 18.2 Å². The van der Waals surface area contributed by atoms with Gasteiger partial charge in [0.25, 0.3) is 0 Å². The summed E-state index contributed by atoms with van der Waals surface area (Å²) in [4.78, 5) is 11.3. The van der Waals surface area contributed by atoms with Gasteiger partial charge in [0, 0.05) is 6.54 Å². The third kappa shape index (κ3) is 6.94. The lowest BCUT2D eigenvalue weighted by atomic mass is 10.1. The fourth-order valence-corrected chi connectivity index (χ4v) is 1.55. The molecule has 100 valence electrons. The molecule has 18 heavy (non-hydrogen) atoms. The summed E-state index contributed by atoms with van der Waals surface area (Å²) in [6, 6.07) is 0. The quantitative estimate of drug-likeness (QED) is 0.771. The normalized spacial score (nSPS) is 15.6. The molecule has 1 amide bonds. The van der Waals surface area contributed by atoms with Crippen LogP contribution in [0.4, 0.5) is 4.79 Å². The van der Waals surface area contributed by atoms with Crippen LogP contribution in [0.15, 0.2) is 36.0 Å². The number of carbonyl (C=O) groups excluding carboxylic acids is 1. The Hall–Kier alpha value is -1.51. The Bertz CT molecular complexity index is 359. The van der Waals surface area contributed by atoms with Gasteiger partial charge in [-0.05, 0) is 45.6 Å². The zero-order chi connectivity index (χ0) is 13.4. The van der Waals surface area contributed by atoms with Crippen LogP contribution in [0.25, 0.3) is 0 Å². The van der Waals surface area contributed by atoms with Crippen LogP contribution >= 0.6 is 0 Å². The number of carbonyl (C=O) groups is 1. The Morgan fingerprint density at radius 1 is 1.44 bits per heavy atom. The second kappa shape index (κ2) is 7.04. The van der Waals surface area contributed by atoms with Crippen molar-refractivity contribution in [1.82, 2.24) is 5.32 Å². The molecule has 0 bridgehead atoms. The van der Waals surface area contributed by atoms with Crippen LogP contribution in [0, 0.1) is 0 Å². The van der Waals surface area contributed by atoms with Crippen LogP contribution < -0.4 is 5.32 Å². The van der Waals surface area contributed by atoms with Crippen LogP contribution in [0.3, 0.4) is 0 Å². The Labute approximate surface area is 110 Å². The lowest BCUT2D eigenvalue weighted by molar-refractivity contribution is 0.0529. The van der Waals surface area contributed by atoms with Crippen molar-refractivity contribution < 1.29 is 9.53 Å². The summed E-state index contributed by atoms with van der Waals surface area (Å²) >= 11 is 0. The van der Waals surface area contributed by atoms with Crippen LogP contribution in [0.2, 0.25) is 0 Å². The van der Waals surface area contributed by atoms with E-state index in [9.17, 15) is 4.79 Å². The Kier molecular flexibility index (Phi) is 5.69. The van der Waals surface area contributed by atoms with Crippen LogP contribution in [-0.2, 0) is 4.74 Å². The molecular formula is C15H23NO2. The molecule has 0 aromatic carbocycles. The van der Waals surface area contributed by atoms with Crippen molar-refractivity contribution in [2.75, 3.05) is 6.54 Å². The van der Waals surface area contributed by atoms with Crippen molar-refractivity contribution in [3.8, 4) is 0 Å². The SMILES string of the molecule is CC(C)(C)OC(=O)NCC/C=C\C1=CCCC=C1. The molecule has 0 saturated heterocycles. The molecule has 1 aliphatic carbocycles. The van der Waals surface area contributed by atoms with Gasteiger partial charge in [-0.15, -0.1) is 0 Å². The fraction of sp³-hybridized carbons (Fsp3) is 0.533. The summed E-state index contributed by atoms with van der Waals surface area (Å²) in [6.07, 6.45) is 13.4. The first-order chi connectivity index (χ1) is 8.47. The fourth-order valence-electron chi connectivity index (χ4n) is 1.55. The van der Waals surface area contributed by atoms with E-state index in [1.54, 1.807) is 0 Å². The highest BCUT2D eigenvalue weighted by atomic mass is 16.6. The number of hydrogen-bond donors (Lipinski definition) is 1. The van der Waals surface area contributed by atoms with Gasteiger partial charge in [-0.1, -0.05) is 30.4 Å². The maximum Gasteiger partial charge on any atom is 0.407 e. The Morgan fingerprint density at radius 3 is 2.83 bits per heavy atom. The second-order valence-electron chi connectivity index (χ2n) is 5.30. The number of allylic oxidation sites excluding steroid dienone is 5. The van der Waals surface area contributed by atoms with Gasteiger partial charge in [0.05, 0.1) is 0 Å². The molecule has 0 saturated carbocycles. The zero-order valence-electron chi connectivity index (χ0n) is 11.5. The average molecular weight is 249 g/mol. The summed E-state index contributed by atoms with van der Waals surface area (Å²) in [5.74, 6) is 0. The van der Waals surface area contributed by atoms with Crippen molar-refractivity contribution in [3.05, 3.63) is 36.0 Å². The van der Waals surface area contributed by atoms with Gasteiger partial charge in [0.1, 0.15) is 5.60 Å². The van der Waals surface area contributed by atoms with Gasteiger partial charge in [0.15, 0.2) is 0 Å². The largest absolute Gasteiger partial charge is 0.444 e. The lowest BCUT2D eigenvalue weighted by Gasteiger charge is -2.19. The first-order valence-corrected chi connectivity index (χ1v) is 6.47. The van der Waals surface area contributed by atoms with E-state index in [-0.39, 0.29) is 6.09 Å². The van der Waals surface area contributed by atoms with Crippen molar-refractivity contribution >= 4 is 6.09 Å². The maximum atomic E-state index is 11.3. The molecule has 1 N–H and O–H groups in total. The minimum Gasteiger partial charge on any atom is -0.444 e. The summed E-state index contributed by atoms with van der Waals surface area (Å²) in [5.41, 5.74) is 0.816. The van der Waals surface area contributed by atoms with Crippen LogP contribution in [0.1, 0.15) is 40.0 Å². The van der Waals surface area contributed by atoms with E-state index in [1.165, 1.54) is 5.57 Å². The molecule has 1 aliphatic rings. The van der Waals surface area contributed by atoms with E-state index in [0.717, 1.165) is 19.3 Å². The van der Waals surface area contributed by atoms with E-state index in [0.29, 0.717) is 6.54 Å². The van der Waals surface area contributed by atoms with Gasteiger partial charge < -0.3 is 10.1 Å². The molecular weight excluding hydrogens is 226 g/mol. The number of hydrogen-bond acceptors (Lipinski definition) is 2. The molecule has 3 heteroatoms. The molecule has 0 aromatic heterocycles. The molecule has 0 aliphatic heterocycles. The van der Waals surface area contributed by atoms with Crippen molar-refractivity contribution in [2.24, 2.45) is 0 Å². The van der Waals surface area contributed by atoms with E-state index in [1.807, 2.05) is 20.8 Å². The molecule has 0 atom stereocenters. The molecule has 0 heterocycles. The van der Waals surface area contributed by atoms with E-state index >= 15 is 0 Å². The topological polar surface area (TPSA) is 38.3 Å². The van der Waals surface area contributed by atoms with E-state index < -0.39 is 5.60 Å². The lowest BCUT2D eigenvalue weighted by Crippen LogP contribution is -2.32. The first-order valence-electron chi connectivity index (χ1n) is 6.47. The number of rotatable bonds is 4. The standard InChI is InChI=1S/C15H23NO2/c1-15(2,3)18-14(17)16-12-8-7-11-13-9-5-4-6-10-13/h5,7,9-11H,4,6,8,12H2,1-3H3,(H,16,17)/b11-7-. The Morgan fingerprint density at radius 2 is 2.22 bits per heavy atom. The first kappa shape index (κ1) is 14.6. The highest BCUT2D eigenvalue weighted by Crippen LogP contribution is 2.10. The highest BCUT2D eigenvalue weighted by molar-refractivity contribution is 5.67. The van der Waals surface area contributed by atoms with Crippen molar-refractivity contribution in [1.29, 1.82) is 0 Å². The van der Waals surface area contributed by atoms with Gasteiger partial charge in [-0.2, -0.15) is 0 Å². The minimum atomic E-state index is -0.433. The number of ether oxygens (including phenoxy) is 1. The van der Waals surface area contributed by atoms with Gasteiger partial charge in [-0.3, -0.25) is 0 Å².